The average Bonchev–Trinajstić information content (AvgIpc) is 2.67. The summed E-state index contributed by atoms with van der Waals surface area (Å²) in [5, 5.41) is 8.72. The van der Waals surface area contributed by atoms with Crippen LogP contribution in [0.25, 0.3) is 0 Å². The maximum atomic E-state index is 12.1. The molecule has 2 amide bonds. The van der Waals surface area contributed by atoms with Gasteiger partial charge in [0.05, 0.1) is 0 Å². The third-order valence-corrected chi connectivity index (χ3v) is 4.14. The molecule has 142 valence electrons. The van der Waals surface area contributed by atoms with Crippen molar-refractivity contribution in [2.45, 2.75) is 32.6 Å². The van der Waals surface area contributed by atoms with Gasteiger partial charge in [-0.05, 0) is 48.8 Å². The molecule has 0 unspecified atom stereocenters. The number of hydrogen-bond acceptors (Lipinski definition) is 3. The van der Waals surface area contributed by atoms with Crippen molar-refractivity contribution in [2.75, 3.05) is 11.9 Å². The maximum absolute atomic E-state index is 12.1. The van der Waals surface area contributed by atoms with Crippen LogP contribution in [0.2, 0.25) is 0 Å². The highest BCUT2D eigenvalue weighted by atomic mass is 32.1. The first kappa shape index (κ1) is 20.6. The van der Waals surface area contributed by atoms with Crippen molar-refractivity contribution >= 4 is 34.8 Å². The molecule has 2 rings (SSSR count). The summed E-state index contributed by atoms with van der Waals surface area (Å²) >= 11 is 5.19. The second-order valence-electron chi connectivity index (χ2n) is 6.18. The number of carbonyl (C=O) groups excluding carboxylic acids is 2. The quantitative estimate of drug-likeness (QED) is 0.481. The normalized spacial score (nSPS) is 10.1. The first-order valence-electron chi connectivity index (χ1n) is 9.11. The van der Waals surface area contributed by atoms with Crippen LogP contribution in [0.15, 0.2) is 54.6 Å². The topological polar surface area (TPSA) is 70.2 Å². The van der Waals surface area contributed by atoms with E-state index in [1.807, 2.05) is 30.3 Å². The van der Waals surface area contributed by atoms with Crippen LogP contribution in [0.1, 0.15) is 42.1 Å². The molecule has 3 N–H and O–H groups in total. The van der Waals surface area contributed by atoms with Gasteiger partial charge in [-0.1, -0.05) is 49.7 Å². The standard InChI is InChI=1S/C21H25N3O2S/c1-2-3-14-22-20(26)17-10-7-11-18(15-17)23-21(27)24-19(25)13-12-16-8-5-4-6-9-16/h4-11,15H,2-3,12-14H2,1H3,(H,22,26)(H2,23,24,25,27). The van der Waals surface area contributed by atoms with E-state index in [1.165, 1.54) is 0 Å². The van der Waals surface area contributed by atoms with Gasteiger partial charge in [-0.25, -0.2) is 0 Å². The van der Waals surface area contributed by atoms with Crippen molar-refractivity contribution in [1.29, 1.82) is 0 Å². The molecule has 0 aliphatic heterocycles. The minimum Gasteiger partial charge on any atom is -0.352 e. The largest absolute Gasteiger partial charge is 0.352 e. The molecule has 2 aromatic carbocycles. The van der Waals surface area contributed by atoms with E-state index in [4.69, 9.17) is 12.2 Å². The van der Waals surface area contributed by atoms with Crippen molar-refractivity contribution in [3.8, 4) is 0 Å². The first-order valence-corrected chi connectivity index (χ1v) is 9.52. The predicted molar refractivity (Wildman–Crippen MR) is 113 cm³/mol. The Morgan fingerprint density at radius 2 is 1.81 bits per heavy atom. The molecule has 2 aromatic rings. The van der Waals surface area contributed by atoms with Crippen molar-refractivity contribution in [1.82, 2.24) is 10.6 Å². The molecule has 0 fully saturated rings. The molecular formula is C21H25N3O2S. The zero-order chi connectivity index (χ0) is 19.5. The van der Waals surface area contributed by atoms with Crippen LogP contribution in [0.5, 0.6) is 0 Å². The smallest absolute Gasteiger partial charge is 0.251 e. The number of benzene rings is 2. The predicted octanol–water partition coefficient (Wildman–Crippen LogP) is 3.66. The van der Waals surface area contributed by atoms with E-state index >= 15 is 0 Å². The highest BCUT2D eigenvalue weighted by molar-refractivity contribution is 7.80. The fourth-order valence-electron chi connectivity index (χ4n) is 2.47. The van der Waals surface area contributed by atoms with Gasteiger partial charge in [0.15, 0.2) is 5.11 Å². The Balaban J connectivity index is 1.81. The second-order valence-corrected chi connectivity index (χ2v) is 6.59. The van der Waals surface area contributed by atoms with Crippen LogP contribution < -0.4 is 16.0 Å². The molecule has 6 heteroatoms. The zero-order valence-electron chi connectivity index (χ0n) is 15.5. The lowest BCUT2D eigenvalue weighted by atomic mass is 10.1. The van der Waals surface area contributed by atoms with Crippen molar-refractivity contribution < 1.29 is 9.59 Å². The third-order valence-electron chi connectivity index (χ3n) is 3.94. The summed E-state index contributed by atoms with van der Waals surface area (Å²) in [6, 6.07) is 16.8. The highest BCUT2D eigenvalue weighted by Gasteiger charge is 2.08. The molecule has 0 aliphatic rings. The monoisotopic (exact) mass is 383 g/mol. The van der Waals surface area contributed by atoms with Gasteiger partial charge in [0.25, 0.3) is 5.91 Å². The summed E-state index contributed by atoms with van der Waals surface area (Å²) < 4.78 is 0. The Morgan fingerprint density at radius 3 is 2.56 bits per heavy atom. The average molecular weight is 384 g/mol. The van der Waals surface area contributed by atoms with Gasteiger partial charge in [0.2, 0.25) is 5.91 Å². The van der Waals surface area contributed by atoms with Crippen LogP contribution in [-0.4, -0.2) is 23.5 Å². The number of anilines is 1. The van der Waals surface area contributed by atoms with Gasteiger partial charge in [-0.3, -0.25) is 9.59 Å². The molecule has 0 aliphatic carbocycles. The van der Waals surface area contributed by atoms with Crippen LogP contribution >= 0.6 is 12.2 Å². The van der Waals surface area contributed by atoms with Crippen molar-refractivity contribution in [3.63, 3.8) is 0 Å². The SMILES string of the molecule is CCCCNC(=O)c1cccc(NC(=S)NC(=O)CCc2ccccc2)c1. The number of hydrogen-bond donors (Lipinski definition) is 3. The van der Waals surface area contributed by atoms with Crippen molar-refractivity contribution in [2.24, 2.45) is 0 Å². The van der Waals surface area contributed by atoms with E-state index in [0.717, 1.165) is 18.4 Å². The van der Waals surface area contributed by atoms with Gasteiger partial charge in [0, 0.05) is 24.2 Å². The Morgan fingerprint density at radius 1 is 1.04 bits per heavy atom. The number of carbonyl (C=O) groups is 2. The second kappa shape index (κ2) is 11.1. The fraction of sp³-hybridized carbons (Fsp3) is 0.286. The van der Waals surface area contributed by atoms with Gasteiger partial charge in [-0.15, -0.1) is 0 Å². The van der Waals surface area contributed by atoms with Crippen LogP contribution in [0.3, 0.4) is 0 Å². The number of rotatable bonds is 8. The number of unbranched alkanes of at least 4 members (excludes halogenated alkanes) is 1. The van der Waals surface area contributed by atoms with Crippen LogP contribution in [0.4, 0.5) is 5.69 Å². The maximum Gasteiger partial charge on any atom is 0.251 e. The van der Waals surface area contributed by atoms with E-state index < -0.39 is 0 Å². The van der Waals surface area contributed by atoms with Crippen LogP contribution in [0, 0.1) is 0 Å². The van der Waals surface area contributed by atoms with Crippen molar-refractivity contribution in [3.05, 3.63) is 65.7 Å². The lowest BCUT2D eigenvalue weighted by Gasteiger charge is -2.11. The van der Waals surface area contributed by atoms with E-state index in [1.54, 1.807) is 24.3 Å². The number of nitrogens with one attached hydrogen (secondary N) is 3. The van der Waals surface area contributed by atoms with Gasteiger partial charge < -0.3 is 16.0 Å². The van der Waals surface area contributed by atoms with Gasteiger partial charge in [0.1, 0.15) is 0 Å². The lowest BCUT2D eigenvalue weighted by molar-refractivity contribution is -0.119. The Hall–Kier alpha value is -2.73. The van der Waals surface area contributed by atoms with E-state index in [0.29, 0.717) is 30.6 Å². The molecule has 0 bridgehead atoms. The molecule has 27 heavy (non-hydrogen) atoms. The molecule has 0 heterocycles. The summed E-state index contributed by atoms with van der Waals surface area (Å²) in [4.78, 5) is 24.1. The Bertz CT molecular complexity index is 778. The number of amides is 2. The highest BCUT2D eigenvalue weighted by Crippen LogP contribution is 2.11. The van der Waals surface area contributed by atoms with Crippen LogP contribution in [-0.2, 0) is 11.2 Å². The lowest BCUT2D eigenvalue weighted by Crippen LogP contribution is -2.34. The van der Waals surface area contributed by atoms with Gasteiger partial charge in [-0.2, -0.15) is 0 Å². The zero-order valence-corrected chi connectivity index (χ0v) is 16.3. The summed E-state index contributed by atoms with van der Waals surface area (Å²) in [7, 11) is 0. The summed E-state index contributed by atoms with van der Waals surface area (Å²) in [5.41, 5.74) is 2.31. The summed E-state index contributed by atoms with van der Waals surface area (Å²) in [6.45, 7) is 2.73. The molecule has 0 aromatic heterocycles. The van der Waals surface area contributed by atoms with E-state index in [-0.39, 0.29) is 16.9 Å². The molecule has 0 radical (unpaired) electrons. The molecule has 0 atom stereocenters. The Kier molecular flexibility index (Phi) is 8.45. The summed E-state index contributed by atoms with van der Waals surface area (Å²) in [5.74, 6) is -0.269. The molecule has 0 saturated carbocycles. The molecule has 5 nitrogen and oxygen atoms in total. The van der Waals surface area contributed by atoms with Gasteiger partial charge >= 0.3 is 0 Å². The molecule has 0 spiro atoms. The minimum atomic E-state index is -0.148. The Labute approximate surface area is 165 Å². The van der Waals surface area contributed by atoms with E-state index in [9.17, 15) is 9.59 Å². The molecule has 0 saturated heterocycles. The minimum absolute atomic E-state index is 0.120. The fourth-order valence-corrected chi connectivity index (χ4v) is 2.70. The third kappa shape index (κ3) is 7.58. The summed E-state index contributed by atoms with van der Waals surface area (Å²) in [6.07, 6.45) is 2.98. The number of aryl methyl sites for hydroxylation is 1. The number of thiocarbonyl (C=S) groups is 1. The molecular weight excluding hydrogens is 358 g/mol. The first-order chi connectivity index (χ1) is 13.1. The van der Waals surface area contributed by atoms with E-state index in [2.05, 4.69) is 22.9 Å².